The number of nitrogens with one attached hydrogen (secondary N) is 1. The number of rotatable bonds is 6. The number of fused-ring (bicyclic) bond motifs is 1. The summed E-state index contributed by atoms with van der Waals surface area (Å²) in [7, 11) is 1.70. The Labute approximate surface area is 200 Å². The van der Waals surface area contributed by atoms with Crippen molar-refractivity contribution in [1.29, 1.82) is 0 Å². The highest BCUT2D eigenvalue weighted by molar-refractivity contribution is 5.60. The predicted molar refractivity (Wildman–Crippen MR) is 132 cm³/mol. The number of hydrogen-bond acceptors (Lipinski definition) is 5. The Morgan fingerprint density at radius 2 is 2.03 bits per heavy atom. The van der Waals surface area contributed by atoms with Crippen molar-refractivity contribution in [2.24, 2.45) is 0 Å². The Morgan fingerprint density at radius 3 is 2.74 bits per heavy atom. The molecule has 0 bridgehead atoms. The van der Waals surface area contributed by atoms with E-state index < -0.39 is 0 Å². The van der Waals surface area contributed by atoms with Crippen LogP contribution in [0.25, 0.3) is 11.8 Å². The zero-order chi connectivity index (χ0) is 23.7. The molecule has 34 heavy (non-hydrogen) atoms. The predicted octanol–water partition coefficient (Wildman–Crippen LogP) is 4.72. The molecule has 2 saturated heterocycles. The first-order chi connectivity index (χ1) is 16.6. The minimum Gasteiger partial charge on any atom is -0.495 e. The summed E-state index contributed by atoms with van der Waals surface area (Å²) in [5.41, 5.74) is 5.36. The first-order valence-electron chi connectivity index (χ1n) is 12.0. The van der Waals surface area contributed by atoms with Gasteiger partial charge in [-0.1, -0.05) is 25.1 Å². The molecule has 2 fully saturated rings. The van der Waals surface area contributed by atoms with Crippen molar-refractivity contribution >= 4 is 6.08 Å². The minimum absolute atomic E-state index is 0.144. The lowest BCUT2D eigenvalue weighted by atomic mass is 9.99. The van der Waals surface area contributed by atoms with E-state index in [0.29, 0.717) is 0 Å². The van der Waals surface area contributed by atoms with Crippen LogP contribution in [-0.4, -0.2) is 52.4 Å². The molecule has 2 atom stereocenters. The number of aromatic nitrogens is 2. The Morgan fingerprint density at radius 1 is 1.21 bits per heavy atom. The SMILES string of the molecule is CCCN1CC[C@@H](c2ccc(F)cc2)N2C/C(=C/c3ccc(-n4cnc(C)c4)c(OC)c3)NC12. The molecule has 2 aliphatic rings. The van der Waals surface area contributed by atoms with Gasteiger partial charge in [-0.25, -0.2) is 9.37 Å². The molecule has 3 aromatic rings. The van der Waals surface area contributed by atoms with Crippen molar-refractivity contribution in [1.82, 2.24) is 24.7 Å². The average molecular weight is 462 g/mol. The molecule has 1 aromatic heterocycles. The summed E-state index contributed by atoms with van der Waals surface area (Å²) in [5, 5.41) is 3.76. The van der Waals surface area contributed by atoms with Gasteiger partial charge in [-0.2, -0.15) is 0 Å². The van der Waals surface area contributed by atoms with Crippen molar-refractivity contribution in [2.75, 3.05) is 26.7 Å². The number of ether oxygens (including phenoxy) is 1. The third-order valence-corrected chi connectivity index (χ3v) is 6.72. The van der Waals surface area contributed by atoms with Crippen LogP contribution in [0.3, 0.4) is 0 Å². The molecule has 178 valence electrons. The van der Waals surface area contributed by atoms with Gasteiger partial charge < -0.3 is 14.6 Å². The van der Waals surface area contributed by atoms with E-state index in [2.05, 4.69) is 51.3 Å². The number of nitrogens with zero attached hydrogens (tertiary/aromatic N) is 4. The molecule has 3 heterocycles. The van der Waals surface area contributed by atoms with Crippen LogP contribution in [0.15, 0.2) is 60.7 Å². The molecule has 5 rings (SSSR count). The van der Waals surface area contributed by atoms with E-state index in [1.54, 1.807) is 25.6 Å². The van der Waals surface area contributed by atoms with Gasteiger partial charge in [0.25, 0.3) is 0 Å². The highest BCUT2D eigenvalue weighted by atomic mass is 19.1. The van der Waals surface area contributed by atoms with Crippen LogP contribution in [0.2, 0.25) is 0 Å². The second kappa shape index (κ2) is 9.60. The first kappa shape index (κ1) is 22.6. The van der Waals surface area contributed by atoms with Gasteiger partial charge in [0.15, 0.2) is 0 Å². The van der Waals surface area contributed by atoms with Gasteiger partial charge in [0, 0.05) is 37.6 Å². The zero-order valence-electron chi connectivity index (χ0n) is 20.0. The summed E-state index contributed by atoms with van der Waals surface area (Å²) in [6.07, 6.45) is 8.28. The highest BCUT2D eigenvalue weighted by Gasteiger charge is 2.40. The third-order valence-electron chi connectivity index (χ3n) is 6.72. The van der Waals surface area contributed by atoms with E-state index in [1.165, 1.54) is 11.3 Å². The normalized spacial score (nSPS) is 22.1. The fraction of sp³-hybridized carbons (Fsp3) is 0.370. The summed E-state index contributed by atoms with van der Waals surface area (Å²) in [4.78, 5) is 9.33. The van der Waals surface area contributed by atoms with Crippen LogP contribution in [0.4, 0.5) is 4.39 Å². The Hall–Kier alpha value is -3.16. The van der Waals surface area contributed by atoms with Crippen molar-refractivity contribution in [3.63, 3.8) is 0 Å². The van der Waals surface area contributed by atoms with Crippen molar-refractivity contribution in [3.05, 3.63) is 83.3 Å². The Kier molecular flexibility index (Phi) is 6.39. The lowest BCUT2D eigenvalue weighted by Gasteiger charge is -2.44. The molecule has 7 heteroatoms. The van der Waals surface area contributed by atoms with Crippen molar-refractivity contribution < 1.29 is 9.13 Å². The number of imidazole rings is 1. The molecular weight excluding hydrogens is 429 g/mol. The summed E-state index contributed by atoms with van der Waals surface area (Å²) in [6.45, 7) is 7.08. The van der Waals surface area contributed by atoms with Crippen molar-refractivity contribution in [3.8, 4) is 11.4 Å². The molecule has 0 aliphatic carbocycles. The van der Waals surface area contributed by atoms with Crippen LogP contribution >= 0.6 is 0 Å². The molecule has 0 spiro atoms. The maximum atomic E-state index is 13.5. The smallest absolute Gasteiger partial charge is 0.143 e. The number of benzene rings is 2. The monoisotopic (exact) mass is 461 g/mol. The second-order valence-electron chi connectivity index (χ2n) is 9.11. The van der Waals surface area contributed by atoms with Crippen molar-refractivity contribution in [2.45, 2.75) is 39.0 Å². The van der Waals surface area contributed by atoms with Gasteiger partial charge in [-0.15, -0.1) is 0 Å². The molecular formula is C27H32FN5O. The third kappa shape index (κ3) is 4.45. The van der Waals surface area contributed by atoms with Crippen LogP contribution in [0, 0.1) is 12.7 Å². The lowest BCUT2D eigenvalue weighted by Crippen LogP contribution is -2.56. The molecule has 0 amide bonds. The van der Waals surface area contributed by atoms with E-state index in [-0.39, 0.29) is 18.1 Å². The molecule has 0 saturated carbocycles. The maximum Gasteiger partial charge on any atom is 0.143 e. The molecule has 1 N–H and O–H groups in total. The van der Waals surface area contributed by atoms with E-state index >= 15 is 0 Å². The fourth-order valence-corrected chi connectivity index (χ4v) is 5.14. The quantitative estimate of drug-likeness (QED) is 0.576. The topological polar surface area (TPSA) is 45.6 Å². The molecule has 0 radical (unpaired) electrons. The molecule has 2 aliphatic heterocycles. The number of hydrogen-bond donors (Lipinski definition) is 1. The Bertz CT molecular complexity index is 1170. The summed E-state index contributed by atoms with van der Waals surface area (Å²) >= 11 is 0. The van der Waals surface area contributed by atoms with E-state index in [4.69, 9.17) is 4.74 Å². The zero-order valence-corrected chi connectivity index (χ0v) is 20.0. The summed E-state index contributed by atoms with van der Waals surface area (Å²) in [5.74, 6) is 0.617. The standard InChI is InChI=1S/C27H32FN5O/c1-4-12-31-13-11-24(21-6-8-22(28)9-7-21)33-17-23(30-27(31)33)14-20-5-10-25(26(15-20)34-3)32-16-19(2)29-18-32/h5-10,14-16,18,24,27,30H,4,11-13,17H2,1-3H3/b23-14-/t24-,27?/m0/s1. The van der Waals surface area contributed by atoms with E-state index in [1.807, 2.05) is 29.8 Å². The lowest BCUT2D eigenvalue weighted by molar-refractivity contribution is -0.0165. The molecule has 2 aromatic carbocycles. The summed E-state index contributed by atoms with van der Waals surface area (Å²) < 4.78 is 21.2. The van der Waals surface area contributed by atoms with Crippen LogP contribution in [-0.2, 0) is 0 Å². The first-order valence-corrected chi connectivity index (χ1v) is 12.0. The van der Waals surface area contributed by atoms with Crippen LogP contribution < -0.4 is 10.1 Å². The summed E-state index contributed by atoms with van der Waals surface area (Å²) in [6, 6.07) is 13.5. The van der Waals surface area contributed by atoms with E-state index in [0.717, 1.165) is 55.2 Å². The van der Waals surface area contributed by atoms with Gasteiger partial charge in [0.2, 0.25) is 0 Å². The highest BCUT2D eigenvalue weighted by Crippen LogP contribution is 2.36. The van der Waals surface area contributed by atoms with Gasteiger partial charge in [-0.3, -0.25) is 9.80 Å². The van der Waals surface area contributed by atoms with Gasteiger partial charge >= 0.3 is 0 Å². The molecule has 6 nitrogen and oxygen atoms in total. The van der Waals surface area contributed by atoms with Gasteiger partial charge in [0.05, 0.1) is 24.8 Å². The van der Waals surface area contributed by atoms with E-state index in [9.17, 15) is 4.39 Å². The largest absolute Gasteiger partial charge is 0.495 e. The number of methoxy groups -OCH3 is 1. The van der Waals surface area contributed by atoms with Gasteiger partial charge in [0.1, 0.15) is 17.9 Å². The Balaban J connectivity index is 1.42. The molecule has 1 unspecified atom stereocenters. The fourth-order valence-electron chi connectivity index (χ4n) is 5.14. The maximum absolute atomic E-state index is 13.5. The average Bonchev–Trinajstić information content (AvgIpc) is 3.46. The van der Waals surface area contributed by atoms with Crippen LogP contribution in [0.5, 0.6) is 5.75 Å². The van der Waals surface area contributed by atoms with Crippen LogP contribution in [0.1, 0.15) is 42.6 Å². The van der Waals surface area contributed by atoms with Gasteiger partial charge in [-0.05, 0) is 61.2 Å². The second-order valence-corrected chi connectivity index (χ2v) is 9.11. The minimum atomic E-state index is -0.188. The number of halogens is 1. The number of aryl methyl sites for hydroxylation is 1.